The Bertz CT molecular complexity index is 970. The topological polar surface area (TPSA) is 29.1 Å². The Morgan fingerprint density at radius 2 is 1.93 bits per heavy atom. The van der Waals surface area contributed by atoms with Crippen LogP contribution < -0.4 is 5.32 Å². The van der Waals surface area contributed by atoms with Crippen LogP contribution in [0, 0.1) is 0 Å². The Morgan fingerprint density at radius 3 is 2.48 bits per heavy atom. The average molecular weight is 401 g/mol. The van der Waals surface area contributed by atoms with Gasteiger partial charge in [-0.2, -0.15) is 13.2 Å². The monoisotopic (exact) mass is 401 g/mol. The highest BCUT2D eigenvalue weighted by Crippen LogP contribution is 2.41. The van der Waals surface area contributed by atoms with E-state index in [1.54, 1.807) is 6.92 Å². The lowest BCUT2D eigenvalue weighted by atomic mass is 9.79. The summed E-state index contributed by atoms with van der Waals surface area (Å²) in [5.41, 5.74) is 8.09. The van der Waals surface area contributed by atoms with E-state index in [1.165, 1.54) is 0 Å². The molecule has 1 aromatic carbocycles. The number of aryl methyl sites for hydroxylation is 1. The first kappa shape index (κ1) is 22.5. The summed E-state index contributed by atoms with van der Waals surface area (Å²) in [5.74, 6) is 1.93. The van der Waals surface area contributed by atoms with E-state index in [4.69, 9.17) is 0 Å². The van der Waals surface area contributed by atoms with Gasteiger partial charge >= 0.3 is 6.18 Å². The molecule has 29 heavy (non-hydrogen) atoms. The van der Waals surface area contributed by atoms with Crippen molar-refractivity contribution in [3.05, 3.63) is 76.0 Å². The molecular formula is C24H26F3NO. The van der Waals surface area contributed by atoms with Gasteiger partial charge in [-0.25, -0.2) is 4.79 Å². The van der Waals surface area contributed by atoms with Gasteiger partial charge in [-0.15, -0.1) is 0 Å². The highest BCUT2D eigenvalue weighted by atomic mass is 19.4. The van der Waals surface area contributed by atoms with E-state index in [2.05, 4.69) is 18.5 Å². The summed E-state index contributed by atoms with van der Waals surface area (Å²) in [4.78, 5) is 11.0. The largest absolute Gasteiger partial charge is 0.405 e. The van der Waals surface area contributed by atoms with Crippen molar-refractivity contribution in [3.63, 3.8) is 0 Å². The molecule has 0 saturated carbocycles. The lowest BCUT2D eigenvalue weighted by molar-refractivity contribution is -0.123. The summed E-state index contributed by atoms with van der Waals surface area (Å²) in [6, 6.07) is 5.89. The molecule has 0 fully saturated rings. The molecule has 0 spiro atoms. The summed E-state index contributed by atoms with van der Waals surface area (Å²) in [6.07, 6.45) is -2.93. The molecule has 0 atom stereocenters. The highest BCUT2D eigenvalue weighted by molar-refractivity contribution is 5.88. The predicted molar refractivity (Wildman–Crippen MR) is 113 cm³/mol. The third kappa shape index (κ3) is 4.99. The second-order valence-corrected chi connectivity index (χ2v) is 7.31. The second-order valence-electron chi connectivity index (χ2n) is 7.31. The third-order valence-electron chi connectivity index (χ3n) is 5.28. The molecule has 0 radical (unpaired) electrons. The van der Waals surface area contributed by atoms with Gasteiger partial charge in [0.1, 0.15) is 12.5 Å². The highest BCUT2D eigenvalue weighted by Gasteiger charge is 2.29. The van der Waals surface area contributed by atoms with Gasteiger partial charge in [0.25, 0.3) is 0 Å². The van der Waals surface area contributed by atoms with Crippen molar-refractivity contribution in [3.8, 4) is 0 Å². The molecule has 0 bridgehead atoms. The van der Waals surface area contributed by atoms with Crippen LogP contribution in [0.4, 0.5) is 13.2 Å². The lowest BCUT2D eigenvalue weighted by Gasteiger charge is -2.28. The van der Waals surface area contributed by atoms with Crippen LogP contribution in [0.15, 0.2) is 59.3 Å². The first-order valence-electron chi connectivity index (χ1n) is 9.44. The molecular weight excluding hydrogens is 375 g/mol. The van der Waals surface area contributed by atoms with Crippen molar-refractivity contribution in [2.75, 3.05) is 6.54 Å². The normalized spacial score (nSPS) is 14.8. The predicted octanol–water partition coefficient (Wildman–Crippen LogP) is 6.20. The minimum Gasteiger partial charge on any atom is -0.376 e. The zero-order valence-corrected chi connectivity index (χ0v) is 17.3. The maximum absolute atomic E-state index is 12.6. The fraction of sp³-hybridized carbons (Fsp3) is 0.333. The van der Waals surface area contributed by atoms with Gasteiger partial charge in [-0.05, 0) is 67.0 Å². The van der Waals surface area contributed by atoms with Crippen LogP contribution in [0.1, 0.15) is 50.8 Å². The standard InChI is InChI=1S/C24H26F3NO/c1-7-19-11-20(15(3)12-29)8-9-21(19)22-10-14(2)23(17(5)16(22)4)18(6)28-13-24(25,26)27/h8-9,11,28H,5-7,10,13H2,1-4H3. The molecule has 0 unspecified atom stereocenters. The summed E-state index contributed by atoms with van der Waals surface area (Å²) in [5, 5.41) is 2.38. The molecule has 5 heteroatoms. The van der Waals surface area contributed by atoms with E-state index in [-0.39, 0.29) is 5.70 Å². The van der Waals surface area contributed by atoms with Gasteiger partial charge < -0.3 is 5.32 Å². The molecule has 1 aromatic rings. The number of allylic oxidation sites excluding steroid dienone is 5. The Hall–Kier alpha value is -2.78. The average Bonchev–Trinajstić information content (AvgIpc) is 2.67. The second kappa shape index (κ2) is 8.71. The first-order valence-corrected chi connectivity index (χ1v) is 9.44. The van der Waals surface area contributed by atoms with Gasteiger partial charge in [0.15, 0.2) is 0 Å². The molecule has 0 heterocycles. The lowest BCUT2D eigenvalue weighted by Crippen LogP contribution is -2.29. The maximum atomic E-state index is 12.6. The molecule has 1 aliphatic carbocycles. The van der Waals surface area contributed by atoms with Crippen molar-refractivity contribution in [1.29, 1.82) is 0 Å². The third-order valence-corrected chi connectivity index (χ3v) is 5.28. The van der Waals surface area contributed by atoms with Crippen molar-refractivity contribution in [2.45, 2.75) is 46.7 Å². The van der Waals surface area contributed by atoms with Gasteiger partial charge in [-0.3, -0.25) is 0 Å². The molecule has 0 saturated heterocycles. The number of alkyl halides is 3. The Balaban J connectivity index is 2.41. The smallest absolute Gasteiger partial charge is 0.376 e. The van der Waals surface area contributed by atoms with Crippen LogP contribution in [-0.2, 0) is 11.2 Å². The van der Waals surface area contributed by atoms with Gasteiger partial charge in [0.05, 0.1) is 0 Å². The van der Waals surface area contributed by atoms with Crippen LogP contribution in [0.2, 0.25) is 0 Å². The van der Waals surface area contributed by atoms with Crippen molar-refractivity contribution < 1.29 is 18.0 Å². The van der Waals surface area contributed by atoms with Crippen molar-refractivity contribution in [1.82, 2.24) is 5.32 Å². The van der Waals surface area contributed by atoms with Gasteiger partial charge in [0.2, 0.25) is 0 Å². The van der Waals surface area contributed by atoms with Crippen LogP contribution in [0.5, 0.6) is 0 Å². The summed E-state index contributed by atoms with van der Waals surface area (Å²) in [7, 11) is 0. The van der Waals surface area contributed by atoms with E-state index < -0.39 is 12.7 Å². The Kier molecular flexibility index (Phi) is 6.76. The number of benzene rings is 1. The van der Waals surface area contributed by atoms with Crippen LogP contribution in [-0.4, -0.2) is 18.7 Å². The number of halogens is 3. The van der Waals surface area contributed by atoms with E-state index in [1.807, 2.05) is 44.9 Å². The summed E-state index contributed by atoms with van der Waals surface area (Å²) < 4.78 is 37.7. The fourth-order valence-electron chi connectivity index (χ4n) is 3.62. The molecule has 2 nitrogen and oxygen atoms in total. The molecule has 0 aliphatic heterocycles. The summed E-state index contributed by atoms with van der Waals surface area (Å²) >= 11 is 0. The van der Waals surface area contributed by atoms with Gasteiger partial charge in [0, 0.05) is 16.8 Å². The minimum atomic E-state index is -4.31. The van der Waals surface area contributed by atoms with E-state index in [9.17, 15) is 18.0 Å². The minimum absolute atomic E-state index is 0.237. The number of carbonyl (C=O) groups excluding carboxylic acids is 1. The maximum Gasteiger partial charge on any atom is 0.405 e. The van der Waals surface area contributed by atoms with Crippen LogP contribution >= 0.6 is 0 Å². The zero-order chi connectivity index (χ0) is 21.9. The molecule has 154 valence electrons. The Morgan fingerprint density at radius 1 is 1.28 bits per heavy atom. The number of hydrogen-bond donors (Lipinski definition) is 1. The van der Waals surface area contributed by atoms with Gasteiger partial charge in [-0.1, -0.05) is 43.9 Å². The van der Waals surface area contributed by atoms with Crippen LogP contribution in [0.25, 0.3) is 11.1 Å². The number of nitrogens with one attached hydrogen (secondary N) is 1. The first-order chi connectivity index (χ1) is 13.5. The number of hydrogen-bond acceptors (Lipinski definition) is 2. The van der Waals surface area contributed by atoms with E-state index in [0.717, 1.165) is 39.8 Å². The van der Waals surface area contributed by atoms with E-state index in [0.29, 0.717) is 23.1 Å². The van der Waals surface area contributed by atoms with Crippen LogP contribution in [0.3, 0.4) is 0 Å². The fourth-order valence-corrected chi connectivity index (χ4v) is 3.62. The molecule has 0 aromatic heterocycles. The SMILES string of the molecule is C=C(NCC(F)(F)F)C1=C(C)CC(c2ccc(C(C)=C=O)cc2CC)=C(C)C1=C. The summed E-state index contributed by atoms with van der Waals surface area (Å²) in [6.45, 7) is 14.4. The molecule has 1 aliphatic rings. The van der Waals surface area contributed by atoms with Crippen molar-refractivity contribution >= 4 is 17.1 Å². The molecule has 0 amide bonds. The van der Waals surface area contributed by atoms with Crippen molar-refractivity contribution in [2.24, 2.45) is 0 Å². The quantitative estimate of drug-likeness (QED) is 0.575. The number of rotatable bonds is 6. The zero-order valence-electron chi connectivity index (χ0n) is 17.3. The molecule has 1 N–H and O–H groups in total. The Labute approximate surface area is 170 Å². The van der Waals surface area contributed by atoms with E-state index >= 15 is 0 Å². The molecule has 2 rings (SSSR count).